The van der Waals surface area contributed by atoms with Crippen LogP contribution in [0.2, 0.25) is 0 Å². The summed E-state index contributed by atoms with van der Waals surface area (Å²) in [5.74, 6) is 0.724. The van der Waals surface area contributed by atoms with E-state index in [4.69, 9.17) is 9.84 Å². The number of hydrogen-bond donors (Lipinski definition) is 2. The molecule has 0 atom stereocenters. The third-order valence-corrected chi connectivity index (χ3v) is 2.31. The zero-order valence-electron chi connectivity index (χ0n) is 11.7. The van der Waals surface area contributed by atoms with Gasteiger partial charge in [0.15, 0.2) is 0 Å². The van der Waals surface area contributed by atoms with Gasteiger partial charge in [-0.15, -0.1) is 0 Å². The predicted molar refractivity (Wildman–Crippen MR) is 79.4 cm³/mol. The van der Waals surface area contributed by atoms with Crippen LogP contribution in [0, 0.1) is 6.92 Å². The number of carbonyl (C=O) groups is 2. The van der Waals surface area contributed by atoms with Crippen LogP contribution >= 0.6 is 0 Å². The van der Waals surface area contributed by atoms with Crippen molar-refractivity contribution < 1.29 is 19.4 Å². The lowest BCUT2D eigenvalue weighted by Crippen LogP contribution is -2.20. The van der Waals surface area contributed by atoms with Crippen LogP contribution in [0.3, 0.4) is 0 Å². The molecule has 0 unspecified atom stereocenters. The van der Waals surface area contributed by atoms with Crippen molar-refractivity contribution in [1.82, 2.24) is 5.32 Å². The fraction of sp³-hybridized carbons (Fsp3) is 0.125. The van der Waals surface area contributed by atoms with Gasteiger partial charge in [0, 0.05) is 0 Å². The summed E-state index contributed by atoms with van der Waals surface area (Å²) in [4.78, 5) is 18.9. The lowest BCUT2D eigenvalue weighted by molar-refractivity contribution is -0.136. The van der Waals surface area contributed by atoms with E-state index in [0.29, 0.717) is 6.41 Å². The Morgan fingerprint density at radius 2 is 1.81 bits per heavy atom. The molecular weight excluding hydrogens is 270 g/mol. The Kier molecular flexibility index (Phi) is 7.07. The number of aliphatic carboxylic acids is 1. The fourth-order valence-electron chi connectivity index (χ4n) is 1.43. The van der Waals surface area contributed by atoms with Gasteiger partial charge in [-0.05, 0) is 36.8 Å². The second-order valence-electron chi connectivity index (χ2n) is 4.12. The highest BCUT2D eigenvalue weighted by molar-refractivity contribution is 5.71. The normalized spacial score (nSPS) is 9.00. The summed E-state index contributed by atoms with van der Waals surface area (Å²) in [6.45, 7) is 1.75. The van der Waals surface area contributed by atoms with Gasteiger partial charge in [0.25, 0.3) is 0 Å². The number of ether oxygens (including phenoxy) is 1. The molecular formula is C16H17NO4. The minimum absolute atomic E-state index is 0.302. The first-order chi connectivity index (χ1) is 10.1. The van der Waals surface area contributed by atoms with Crippen molar-refractivity contribution in [2.75, 3.05) is 6.54 Å². The van der Waals surface area contributed by atoms with E-state index in [1.54, 1.807) is 0 Å². The van der Waals surface area contributed by atoms with Gasteiger partial charge in [0.2, 0.25) is 6.41 Å². The highest BCUT2D eigenvalue weighted by Crippen LogP contribution is 2.21. The van der Waals surface area contributed by atoms with Crippen molar-refractivity contribution in [1.29, 1.82) is 0 Å². The van der Waals surface area contributed by atoms with Crippen molar-refractivity contribution in [3.05, 3.63) is 60.2 Å². The monoisotopic (exact) mass is 287 g/mol. The summed E-state index contributed by atoms with van der Waals surface area (Å²) in [6.07, 6.45) is 0.341. The van der Waals surface area contributed by atoms with E-state index in [1.165, 1.54) is 5.56 Å². The van der Waals surface area contributed by atoms with Gasteiger partial charge in [0.1, 0.15) is 18.0 Å². The summed E-state index contributed by atoms with van der Waals surface area (Å²) >= 11 is 0. The molecule has 21 heavy (non-hydrogen) atoms. The van der Waals surface area contributed by atoms with Gasteiger partial charge < -0.3 is 15.2 Å². The van der Waals surface area contributed by atoms with E-state index in [0.717, 1.165) is 11.5 Å². The predicted octanol–water partition coefficient (Wildman–Crippen LogP) is 2.60. The minimum Gasteiger partial charge on any atom is -0.480 e. The highest BCUT2D eigenvalue weighted by Gasteiger charge is 1.95. The summed E-state index contributed by atoms with van der Waals surface area (Å²) in [5, 5.41) is 9.79. The van der Waals surface area contributed by atoms with E-state index < -0.39 is 5.97 Å². The van der Waals surface area contributed by atoms with Gasteiger partial charge in [-0.1, -0.05) is 30.3 Å². The quantitative estimate of drug-likeness (QED) is 0.829. The lowest BCUT2D eigenvalue weighted by atomic mass is 10.2. The number of hydrogen-bond acceptors (Lipinski definition) is 3. The van der Waals surface area contributed by atoms with Gasteiger partial charge in [-0.3, -0.25) is 9.59 Å². The molecule has 2 aromatic rings. The summed E-state index contributed by atoms with van der Waals surface area (Å²) in [5.41, 5.74) is 1.21. The molecule has 0 fully saturated rings. The number of carbonyl (C=O) groups excluding carboxylic acids is 1. The number of carboxylic acids is 1. The summed E-state index contributed by atoms with van der Waals surface area (Å²) in [7, 11) is 0. The molecule has 110 valence electrons. The van der Waals surface area contributed by atoms with Crippen molar-refractivity contribution in [2.24, 2.45) is 0 Å². The molecule has 0 radical (unpaired) electrons. The van der Waals surface area contributed by atoms with Crippen molar-refractivity contribution in [2.45, 2.75) is 6.92 Å². The minimum atomic E-state index is -1.04. The zero-order chi connectivity index (χ0) is 15.5. The third kappa shape index (κ3) is 7.37. The second kappa shape index (κ2) is 9.14. The third-order valence-electron chi connectivity index (χ3n) is 2.31. The van der Waals surface area contributed by atoms with Crippen LogP contribution in [-0.4, -0.2) is 24.0 Å². The molecule has 0 saturated carbocycles. The Balaban J connectivity index is 0.000000270. The molecule has 0 saturated heterocycles. The van der Waals surface area contributed by atoms with E-state index in [9.17, 15) is 9.59 Å². The maximum Gasteiger partial charge on any atom is 0.322 e. The van der Waals surface area contributed by atoms with E-state index in [1.807, 2.05) is 53.8 Å². The maximum absolute atomic E-state index is 9.54. The molecule has 0 aliphatic rings. The van der Waals surface area contributed by atoms with Gasteiger partial charge >= 0.3 is 5.97 Å². The number of aryl methyl sites for hydroxylation is 1. The molecule has 2 rings (SSSR count). The smallest absolute Gasteiger partial charge is 0.322 e. The Hall–Kier alpha value is -2.82. The molecule has 1 amide bonds. The number of rotatable bonds is 5. The van der Waals surface area contributed by atoms with E-state index in [2.05, 4.69) is 13.0 Å². The number of para-hydroxylation sites is 1. The van der Waals surface area contributed by atoms with Crippen LogP contribution in [0.15, 0.2) is 54.6 Å². The van der Waals surface area contributed by atoms with Crippen LogP contribution in [0.25, 0.3) is 0 Å². The zero-order valence-corrected chi connectivity index (χ0v) is 11.7. The molecule has 5 heteroatoms. The molecule has 2 N–H and O–H groups in total. The van der Waals surface area contributed by atoms with Gasteiger partial charge in [-0.2, -0.15) is 0 Å². The average molecular weight is 287 g/mol. The first-order valence-electron chi connectivity index (χ1n) is 6.30. The van der Waals surface area contributed by atoms with Crippen LogP contribution in [0.5, 0.6) is 11.5 Å². The van der Waals surface area contributed by atoms with Crippen molar-refractivity contribution in [3.8, 4) is 11.5 Å². The Labute approximate surface area is 123 Å². The summed E-state index contributed by atoms with van der Waals surface area (Å²) in [6, 6.07) is 17.8. The first-order valence-corrected chi connectivity index (χ1v) is 6.30. The highest BCUT2D eigenvalue weighted by atomic mass is 16.5. The van der Waals surface area contributed by atoms with Crippen molar-refractivity contribution >= 4 is 12.4 Å². The number of nitrogens with one attached hydrogen (secondary N) is 1. The van der Waals surface area contributed by atoms with Crippen LogP contribution < -0.4 is 10.1 Å². The van der Waals surface area contributed by atoms with Gasteiger partial charge in [-0.25, -0.2) is 0 Å². The Morgan fingerprint density at radius 3 is 2.33 bits per heavy atom. The van der Waals surface area contributed by atoms with E-state index >= 15 is 0 Å². The van der Waals surface area contributed by atoms with Crippen molar-refractivity contribution in [3.63, 3.8) is 0 Å². The average Bonchev–Trinajstić information content (AvgIpc) is 2.47. The van der Waals surface area contributed by atoms with Gasteiger partial charge in [0.05, 0.1) is 0 Å². The first kappa shape index (κ1) is 16.2. The molecule has 2 aromatic carbocycles. The molecule has 0 aromatic heterocycles. The lowest BCUT2D eigenvalue weighted by Gasteiger charge is -2.05. The number of carboxylic acid groups (broad SMARTS) is 1. The maximum atomic E-state index is 9.54. The standard InChI is InChI=1S/C13H12O.C3H5NO3/c1-11-6-5-9-13(10-11)14-12-7-3-2-4-8-12;5-2-4-1-3(6)7/h2-10H,1H3;2H,1H2,(H,4,5)(H,6,7). The van der Waals surface area contributed by atoms with Crippen LogP contribution in [-0.2, 0) is 9.59 Å². The number of benzene rings is 2. The van der Waals surface area contributed by atoms with Crippen LogP contribution in [0.1, 0.15) is 5.56 Å². The topological polar surface area (TPSA) is 75.6 Å². The van der Waals surface area contributed by atoms with Crippen LogP contribution in [0.4, 0.5) is 0 Å². The summed E-state index contributed by atoms with van der Waals surface area (Å²) < 4.78 is 5.66. The molecule has 0 aliphatic carbocycles. The largest absolute Gasteiger partial charge is 0.480 e. The fourth-order valence-corrected chi connectivity index (χ4v) is 1.43. The Morgan fingerprint density at radius 1 is 1.14 bits per heavy atom. The molecule has 0 spiro atoms. The Bertz CT molecular complexity index is 569. The molecule has 0 bridgehead atoms. The van der Waals surface area contributed by atoms with E-state index in [-0.39, 0.29) is 6.54 Å². The molecule has 0 heterocycles. The number of amides is 1. The SMILES string of the molecule is Cc1cccc(Oc2ccccc2)c1.O=CNCC(=O)O. The molecule has 0 aliphatic heterocycles. The molecule has 5 nitrogen and oxygen atoms in total. The second-order valence-corrected chi connectivity index (χ2v) is 4.12.